The molecule has 6 heteroatoms. The minimum Gasteiger partial charge on any atom is -0.394 e. The highest BCUT2D eigenvalue weighted by molar-refractivity contribution is 5.30. The quantitative estimate of drug-likeness (QED) is 0.841. The molecule has 0 saturated carbocycles. The van der Waals surface area contributed by atoms with Gasteiger partial charge >= 0.3 is 0 Å². The number of rotatable bonds is 4. The third kappa shape index (κ3) is 3.85. The molecule has 0 aliphatic carbocycles. The number of hydrogen-bond donors (Lipinski definition) is 2. The predicted molar refractivity (Wildman–Crippen MR) is 102 cm³/mol. The van der Waals surface area contributed by atoms with E-state index in [1.54, 1.807) is 0 Å². The second-order valence-corrected chi connectivity index (χ2v) is 7.38. The molecule has 6 atom stereocenters. The second-order valence-electron chi connectivity index (χ2n) is 7.38. The van der Waals surface area contributed by atoms with Crippen LogP contribution in [0.25, 0.3) is 0 Å². The van der Waals surface area contributed by atoms with Crippen molar-refractivity contribution in [3.8, 4) is 0 Å². The van der Waals surface area contributed by atoms with Gasteiger partial charge in [-0.15, -0.1) is 0 Å². The molecule has 4 rings (SSSR count). The fourth-order valence-corrected chi connectivity index (χ4v) is 3.63. The van der Waals surface area contributed by atoms with E-state index in [1.165, 1.54) is 5.56 Å². The first-order valence-corrected chi connectivity index (χ1v) is 9.56. The lowest BCUT2D eigenvalue weighted by atomic mass is 9.99. The van der Waals surface area contributed by atoms with Crippen LogP contribution in [0.4, 0.5) is 0 Å². The molecule has 2 saturated heterocycles. The van der Waals surface area contributed by atoms with E-state index in [0.717, 1.165) is 16.7 Å². The summed E-state index contributed by atoms with van der Waals surface area (Å²) in [4.78, 5) is 0. The van der Waals surface area contributed by atoms with Crippen LogP contribution < -0.4 is 0 Å². The molecule has 2 heterocycles. The number of fused-ring (bicyclic) bond motifs is 1. The van der Waals surface area contributed by atoms with Crippen molar-refractivity contribution in [2.75, 3.05) is 13.2 Å². The molecule has 2 aromatic carbocycles. The highest BCUT2D eigenvalue weighted by Crippen LogP contribution is 2.39. The molecule has 0 radical (unpaired) electrons. The average Bonchev–Trinajstić information content (AvgIpc) is 2.74. The molecule has 2 unspecified atom stereocenters. The normalized spacial score (nSPS) is 31.2. The highest BCUT2D eigenvalue weighted by atomic mass is 16.8. The Labute approximate surface area is 164 Å². The molecule has 0 aromatic heterocycles. The molecular formula is C22H26O6. The van der Waals surface area contributed by atoms with Crippen LogP contribution >= 0.6 is 0 Å². The second kappa shape index (κ2) is 8.29. The monoisotopic (exact) mass is 386 g/mol. The molecule has 2 aliphatic rings. The summed E-state index contributed by atoms with van der Waals surface area (Å²) in [5.41, 5.74) is 4.06. The standard InChI is InChI=1S/C22H26O6/c1-13-8-9-16(10-14(13)2)22-26-18-12-25-21(15-6-4-3-5-7-15)28-20(18)19(27-22)17(24)11-23/h3-10,17-24H,11-12H2,1-2H3/t17-,18+,19-,20-,21?,22?/m0/s1. The van der Waals surface area contributed by atoms with Gasteiger partial charge in [0.05, 0.1) is 13.2 Å². The van der Waals surface area contributed by atoms with Crippen molar-refractivity contribution < 1.29 is 29.2 Å². The first-order valence-electron chi connectivity index (χ1n) is 9.56. The van der Waals surface area contributed by atoms with Gasteiger partial charge in [-0.1, -0.05) is 48.5 Å². The van der Waals surface area contributed by atoms with Crippen molar-refractivity contribution in [1.82, 2.24) is 0 Å². The lowest BCUT2D eigenvalue weighted by Crippen LogP contribution is -2.58. The zero-order chi connectivity index (χ0) is 19.7. The number of ether oxygens (including phenoxy) is 4. The minimum absolute atomic E-state index is 0.309. The molecule has 0 amide bonds. The van der Waals surface area contributed by atoms with Crippen LogP contribution in [0.3, 0.4) is 0 Å². The average molecular weight is 386 g/mol. The smallest absolute Gasteiger partial charge is 0.184 e. The maximum Gasteiger partial charge on any atom is 0.184 e. The van der Waals surface area contributed by atoms with E-state index in [0.29, 0.717) is 6.61 Å². The summed E-state index contributed by atoms with van der Waals surface area (Å²) in [7, 11) is 0. The number of benzene rings is 2. The van der Waals surface area contributed by atoms with Gasteiger partial charge in [0.2, 0.25) is 0 Å². The van der Waals surface area contributed by atoms with Crippen LogP contribution in [0.1, 0.15) is 34.8 Å². The Kier molecular flexibility index (Phi) is 5.78. The Morgan fingerprint density at radius 2 is 1.71 bits per heavy atom. The first kappa shape index (κ1) is 19.5. The lowest BCUT2D eigenvalue weighted by Gasteiger charge is -2.47. The summed E-state index contributed by atoms with van der Waals surface area (Å²) in [6, 6.07) is 15.6. The fraction of sp³-hybridized carbons (Fsp3) is 0.455. The SMILES string of the molecule is Cc1ccc(C2O[C@@H]([C@@H](O)CO)[C@H]3OC(c4ccccc4)OC[C@H]3O2)cc1C. The fourth-order valence-electron chi connectivity index (χ4n) is 3.63. The number of aliphatic hydroxyl groups excluding tert-OH is 2. The van der Waals surface area contributed by atoms with E-state index in [4.69, 9.17) is 18.9 Å². The van der Waals surface area contributed by atoms with E-state index < -0.39 is 43.6 Å². The molecule has 0 spiro atoms. The van der Waals surface area contributed by atoms with Crippen LogP contribution in [0.5, 0.6) is 0 Å². The van der Waals surface area contributed by atoms with E-state index in [9.17, 15) is 10.2 Å². The van der Waals surface area contributed by atoms with Gasteiger partial charge in [0.1, 0.15) is 24.4 Å². The van der Waals surface area contributed by atoms with Crippen molar-refractivity contribution in [2.45, 2.75) is 50.8 Å². The summed E-state index contributed by atoms with van der Waals surface area (Å²) in [5.74, 6) is 0. The van der Waals surface area contributed by atoms with Gasteiger partial charge in [0.15, 0.2) is 12.6 Å². The van der Waals surface area contributed by atoms with Gasteiger partial charge in [-0.05, 0) is 25.0 Å². The van der Waals surface area contributed by atoms with Crippen molar-refractivity contribution in [3.63, 3.8) is 0 Å². The number of hydrogen-bond acceptors (Lipinski definition) is 6. The van der Waals surface area contributed by atoms with E-state index in [1.807, 2.05) is 62.4 Å². The Balaban J connectivity index is 1.57. The Hall–Kier alpha value is -1.80. The molecule has 2 aromatic rings. The molecule has 0 bridgehead atoms. The van der Waals surface area contributed by atoms with E-state index in [2.05, 4.69) is 0 Å². The van der Waals surface area contributed by atoms with Crippen molar-refractivity contribution in [3.05, 3.63) is 70.8 Å². The zero-order valence-electron chi connectivity index (χ0n) is 16.0. The van der Waals surface area contributed by atoms with E-state index in [-0.39, 0.29) is 0 Å². The third-order valence-electron chi connectivity index (χ3n) is 5.40. The largest absolute Gasteiger partial charge is 0.394 e. The van der Waals surface area contributed by atoms with Gasteiger partial charge in [-0.3, -0.25) is 0 Å². The van der Waals surface area contributed by atoms with Crippen molar-refractivity contribution in [1.29, 1.82) is 0 Å². The molecule has 2 N–H and O–H groups in total. The predicted octanol–water partition coefficient (Wildman–Crippen LogP) is 2.55. The summed E-state index contributed by atoms with van der Waals surface area (Å²) >= 11 is 0. The van der Waals surface area contributed by atoms with Crippen LogP contribution in [-0.2, 0) is 18.9 Å². The maximum absolute atomic E-state index is 10.4. The lowest BCUT2D eigenvalue weighted by molar-refractivity contribution is -0.373. The topological polar surface area (TPSA) is 77.4 Å². The Morgan fingerprint density at radius 1 is 0.929 bits per heavy atom. The zero-order valence-corrected chi connectivity index (χ0v) is 16.0. The number of aliphatic hydroxyl groups is 2. The summed E-state index contributed by atoms with van der Waals surface area (Å²) in [6.45, 7) is 3.96. The summed E-state index contributed by atoms with van der Waals surface area (Å²) in [5, 5.41) is 19.9. The molecule has 2 aliphatic heterocycles. The van der Waals surface area contributed by atoms with Gasteiger partial charge in [-0.25, -0.2) is 0 Å². The minimum atomic E-state index is -1.08. The van der Waals surface area contributed by atoms with Crippen LogP contribution in [0.2, 0.25) is 0 Å². The Morgan fingerprint density at radius 3 is 2.43 bits per heavy atom. The Bertz CT molecular complexity index is 795. The van der Waals surface area contributed by atoms with E-state index >= 15 is 0 Å². The maximum atomic E-state index is 10.4. The molecule has 2 fully saturated rings. The number of aryl methyl sites for hydroxylation is 2. The third-order valence-corrected chi connectivity index (χ3v) is 5.40. The molecule has 28 heavy (non-hydrogen) atoms. The highest BCUT2D eigenvalue weighted by Gasteiger charge is 2.48. The van der Waals surface area contributed by atoms with Crippen LogP contribution in [-0.4, -0.2) is 47.8 Å². The van der Waals surface area contributed by atoms with Gasteiger partial charge in [-0.2, -0.15) is 0 Å². The van der Waals surface area contributed by atoms with Gasteiger partial charge in [0.25, 0.3) is 0 Å². The van der Waals surface area contributed by atoms with Crippen molar-refractivity contribution in [2.24, 2.45) is 0 Å². The van der Waals surface area contributed by atoms with Gasteiger partial charge < -0.3 is 29.2 Å². The molecular weight excluding hydrogens is 360 g/mol. The summed E-state index contributed by atoms with van der Waals surface area (Å²) < 4.78 is 24.1. The summed E-state index contributed by atoms with van der Waals surface area (Å²) in [6.07, 6.45) is -4.01. The molecule has 150 valence electrons. The van der Waals surface area contributed by atoms with Gasteiger partial charge in [0, 0.05) is 11.1 Å². The van der Waals surface area contributed by atoms with Crippen molar-refractivity contribution >= 4 is 0 Å². The van der Waals surface area contributed by atoms with Crippen LogP contribution in [0.15, 0.2) is 48.5 Å². The first-order chi connectivity index (χ1) is 13.6. The van der Waals surface area contributed by atoms with Crippen LogP contribution in [0, 0.1) is 13.8 Å². The molecule has 6 nitrogen and oxygen atoms in total.